The van der Waals surface area contributed by atoms with E-state index in [1.54, 1.807) is 0 Å². The van der Waals surface area contributed by atoms with Gasteiger partial charge in [0.2, 0.25) is 0 Å². The zero-order valence-electron chi connectivity index (χ0n) is 6.46. The molecule has 0 aliphatic carbocycles. The van der Waals surface area contributed by atoms with Crippen molar-refractivity contribution < 1.29 is 8.42 Å². The molecule has 0 radical (unpaired) electrons. The second-order valence-electron chi connectivity index (χ2n) is 2.29. The first kappa shape index (κ1) is 12.2. The topological polar surface area (TPSA) is 60.2 Å². The normalized spacial score (nSPS) is 13.4. The van der Waals surface area contributed by atoms with E-state index in [-0.39, 0.29) is 16.5 Å². The second-order valence-corrected chi connectivity index (χ2v) is 5.18. The molecule has 2 N–H and O–H groups in total. The van der Waals surface area contributed by atoms with Gasteiger partial charge in [0.25, 0.3) is 0 Å². The highest BCUT2D eigenvalue weighted by Gasteiger charge is 2.11. The summed E-state index contributed by atoms with van der Waals surface area (Å²) in [5.41, 5.74) is 6.22. The number of sulfone groups is 1. The van der Waals surface area contributed by atoms with Gasteiger partial charge in [0, 0.05) is 10.6 Å². The van der Waals surface area contributed by atoms with Crippen molar-refractivity contribution in [2.24, 2.45) is 5.73 Å². The summed E-state index contributed by atoms with van der Waals surface area (Å²) in [4.78, 5) is 0. The van der Waals surface area contributed by atoms with E-state index in [2.05, 4.69) is 0 Å². The average Bonchev–Trinajstić information content (AvgIpc) is 2.00. The Morgan fingerprint density at radius 2 is 2.08 bits per heavy atom. The van der Waals surface area contributed by atoms with Crippen molar-refractivity contribution >= 4 is 33.0 Å². The van der Waals surface area contributed by atoms with Crippen LogP contribution in [0.25, 0.3) is 0 Å². The van der Waals surface area contributed by atoms with Crippen LogP contribution in [0.2, 0.25) is 0 Å². The summed E-state index contributed by atoms with van der Waals surface area (Å²) in [6.45, 7) is 0.363. The van der Waals surface area contributed by atoms with Gasteiger partial charge in [-0.3, -0.25) is 0 Å². The van der Waals surface area contributed by atoms with Crippen LogP contribution in [0.4, 0.5) is 0 Å². The van der Waals surface area contributed by atoms with Gasteiger partial charge < -0.3 is 5.73 Å². The monoisotopic (exact) mass is 231 g/mol. The maximum Gasteiger partial charge on any atom is 0.155 e. The summed E-state index contributed by atoms with van der Waals surface area (Å²) >= 11 is 10.7. The lowest BCUT2D eigenvalue weighted by atomic mass is 10.5. The average molecular weight is 232 g/mol. The maximum atomic E-state index is 11.1. The van der Waals surface area contributed by atoms with E-state index in [0.717, 1.165) is 5.54 Å². The molecular formula is C6H11Cl2NO2S. The molecule has 0 heterocycles. The van der Waals surface area contributed by atoms with Crippen LogP contribution in [0, 0.1) is 0 Å². The zero-order chi connectivity index (χ0) is 9.61. The quantitative estimate of drug-likeness (QED) is 0.771. The first-order chi connectivity index (χ1) is 5.52. The van der Waals surface area contributed by atoms with E-state index in [9.17, 15) is 8.42 Å². The first-order valence-corrected chi connectivity index (χ1v) is 6.00. The van der Waals surface area contributed by atoms with Gasteiger partial charge in [-0.05, 0) is 13.0 Å². The van der Waals surface area contributed by atoms with Crippen LogP contribution in [-0.4, -0.2) is 26.5 Å². The highest BCUT2D eigenvalue weighted by molar-refractivity contribution is 7.91. The third kappa shape index (κ3) is 5.83. The standard InChI is InChI=1S/C6H11Cl2NO2S/c7-4-6(8)5-12(10,11)3-1-2-9/h4H,1-3,5,9H2. The molecule has 0 aliphatic heterocycles. The van der Waals surface area contributed by atoms with Crippen molar-refractivity contribution in [3.63, 3.8) is 0 Å². The molecule has 3 nitrogen and oxygen atoms in total. The molecule has 0 amide bonds. The van der Waals surface area contributed by atoms with Gasteiger partial charge in [-0.15, -0.1) is 0 Å². The minimum atomic E-state index is -3.12. The van der Waals surface area contributed by atoms with Gasteiger partial charge in [-0.1, -0.05) is 23.2 Å². The molecule has 0 spiro atoms. The van der Waals surface area contributed by atoms with Crippen molar-refractivity contribution in [2.45, 2.75) is 6.42 Å². The van der Waals surface area contributed by atoms with E-state index in [4.69, 9.17) is 28.9 Å². The Balaban J connectivity index is 4.06. The van der Waals surface area contributed by atoms with E-state index in [1.807, 2.05) is 0 Å². The van der Waals surface area contributed by atoms with Crippen molar-refractivity contribution in [3.8, 4) is 0 Å². The summed E-state index contributed by atoms with van der Waals surface area (Å²) in [6.07, 6.45) is 0.453. The molecule has 0 rings (SSSR count). The number of halogens is 2. The van der Waals surface area contributed by atoms with Crippen molar-refractivity contribution in [1.82, 2.24) is 0 Å². The van der Waals surface area contributed by atoms with Gasteiger partial charge in [-0.25, -0.2) is 8.42 Å². The molecule has 0 aromatic rings. The summed E-state index contributed by atoms with van der Waals surface area (Å²) in [5.74, 6) is -0.136. The molecule has 6 heteroatoms. The third-order valence-corrected chi connectivity index (χ3v) is 3.57. The fourth-order valence-electron chi connectivity index (χ4n) is 0.617. The molecule has 0 atom stereocenters. The highest BCUT2D eigenvalue weighted by Crippen LogP contribution is 2.08. The number of rotatable bonds is 5. The van der Waals surface area contributed by atoms with Crippen molar-refractivity contribution in [3.05, 3.63) is 10.6 Å². The van der Waals surface area contributed by atoms with Crippen LogP contribution in [0.5, 0.6) is 0 Å². The minimum Gasteiger partial charge on any atom is -0.330 e. The Morgan fingerprint density at radius 1 is 1.50 bits per heavy atom. The number of nitrogens with two attached hydrogens (primary N) is 1. The lowest BCUT2D eigenvalue weighted by Gasteiger charge is -2.00. The fraction of sp³-hybridized carbons (Fsp3) is 0.667. The summed E-state index contributed by atoms with van der Waals surface area (Å²) in [6, 6.07) is 0. The summed E-state index contributed by atoms with van der Waals surface area (Å²) in [7, 11) is -3.12. The van der Waals surface area contributed by atoms with E-state index in [0.29, 0.717) is 13.0 Å². The van der Waals surface area contributed by atoms with E-state index >= 15 is 0 Å². The molecule has 12 heavy (non-hydrogen) atoms. The van der Waals surface area contributed by atoms with Gasteiger partial charge >= 0.3 is 0 Å². The predicted molar refractivity (Wildman–Crippen MR) is 52.1 cm³/mol. The van der Waals surface area contributed by atoms with Gasteiger partial charge in [0.1, 0.15) is 0 Å². The Hall–Kier alpha value is 0.230. The van der Waals surface area contributed by atoms with Crippen molar-refractivity contribution in [2.75, 3.05) is 18.1 Å². The van der Waals surface area contributed by atoms with E-state index in [1.165, 1.54) is 0 Å². The molecular weight excluding hydrogens is 221 g/mol. The molecule has 0 saturated carbocycles. The lowest BCUT2D eigenvalue weighted by molar-refractivity contribution is 0.596. The van der Waals surface area contributed by atoms with Crippen LogP contribution in [0.15, 0.2) is 10.6 Å². The van der Waals surface area contributed by atoms with Crippen LogP contribution >= 0.6 is 23.2 Å². The predicted octanol–water partition coefficient (Wildman–Crippen LogP) is 1.07. The Kier molecular flexibility index (Phi) is 5.92. The number of hydrogen-bond acceptors (Lipinski definition) is 3. The minimum absolute atomic E-state index is 0.0600. The molecule has 0 saturated heterocycles. The zero-order valence-corrected chi connectivity index (χ0v) is 8.79. The lowest BCUT2D eigenvalue weighted by Crippen LogP contribution is -2.14. The van der Waals surface area contributed by atoms with E-state index < -0.39 is 9.84 Å². The molecule has 72 valence electrons. The summed E-state index contributed by atoms with van der Waals surface area (Å²) in [5, 5.41) is 0.133. The van der Waals surface area contributed by atoms with Crippen LogP contribution in [-0.2, 0) is 9.84 Å². The number of hydrogen-bond donors (Lipinski definition) is 1. The summed E-state index contributed by atoms with van der Waals surface area (Å²) < 4.78 is 22.2. The molecule has 0 aromatic carbocycles. The Bertz CT molecular complexity index is 248. The maximum absolute atomic E-state index is 11.1. The van der Waals surface area contributed by atoms with Crippen LogP contribution in [0.3, 0.4) is 0 Å². The molecule has 0 bridgehead atoms. The smallest absolute Gasteiger partial charge is 0.155 e. The first-order valence-electron chi connectivity index (χ1n) is 3.37. The Morgan fingerprint density at radius 3 is 2.50 bits per heavy atom. The SMILES string of the molecule is NCCCS(=O)(=O)CC(Cl)=CCl. The van der Waals surface area contributed by atoms with Crippen LogP contribution in [0.1, 0.15) is 6.42 Å². The van der Waals surface area contributed by atoms with Gasteiger partial charge in [0.15, 0.2) is 9.84 Å². The largest absolute Gasteiger partial charge is 0.330 e. The third-order valence-electron chi connectivity index (χ3n) is 1.14. The second kappa shape index (κ2) is 5.80. The molecule has 0 unspecified atom stereocenters. The molecule has 0 aromatic heterocycles. The van der Waals surface area contributed by atoms with Gasteiger partial charge in [-0.2, -0.15) is 0 Å². The Labute approximate surface area is 82.4 Å². The highest BCUT2D eigenvalue weighted by atomic mass is 35.5. The van der Waals surface area contributed by atoms with Gasteiger partial charge in [0.05, 0.1) is 11.5 Å². The van der Waals surface area contributed by atoms with Crippen LogP contribution < -0.4 is 5.73 Å². The molecule has 0 fully saturated rings. The van der Waals surface area contributed by atoms with Crippen molar-refractivity contribution in [1.29, 1.82) is 0 Å². The fourth-order valence-corrected chi connectivity index (χ4v) is 2.54. The molecule has 0 aliphatic rings.